The number of hydrogen-bond donors (Lipinski definition) is 0. The van der Waals surface area contributed by atoms with E-state index in [1.54, 1.807) is 18.3 Å². The van der Waals surface area contributed by atoms with Crippen LogP contribution in [0.1, 0.15) is 43.5 Å². The fourth-order valence-corrected chi connectivity index (χ4v) is 4.00. The maximum absolute atomic E-state index is 12.7. The van der Waals surface area contributed by atoms with Crippen molar-refractivity contribution in [3.8, 4) is 0 Å². The van der Waals surface area contributed by atoms with Crippen LogP contribution in [0.5, 0.6) is 0 Å². The van der Waals surface area contributed by atoms with Gasteiger partial charge in [0.15, 0.2) is 0 Å². The van der Waals surface area contributed by atoms with Gasteiger partial charge in [0, 0.05) is 24.3 Å². The lowest BCUT2D eigenvalue weighted by Crippen LogP contribution is -2.36. The highest BCUT2D eigenvalue weighted by atomic mass is 35.5. The zero-order chi connectivity index (χ0) is 13.6. The summed E-state index contributed by atoms with van der Waals surface area (Å²) in [5, 5.41) is 0.382. The maximum Gasteiger partial charge on any atom is 0.254 e. The molecule has 0 radical (unpaired) electrons. The summed E-state index contributed by atoms with van der Waals surface area (Å²) in [4.78, 5) is 18.7. The van der Waals surface area contributed by atoms with Crippen LogP contribution >= 0.6 is 11.6 Å². The minimum absolute atomic E-state index is 0.103. The molecule has 3 nitrogen and oxygen atoms in total. The maximum atomic E-state index is 12.7. The zero-order valence-electron chi connectivity index (χ0n) is 11.4. The molecule has 2 heterocycles. The first kappa shape index (κ1) is 12.9. The third-order valence-electron chi connectivity index (χ3n) is 4.70. The van der Waals surface area contributed by atoms with E-state index in [0.29, 0.717) is 22.7 Å². The lowest BCUT2D eigenvalue weighted by Gasteiger charge is -2.24. The highest BCUT2D eigenvalue weighted by Gasteiger charge is 2.50. The summed E-state index contributed by atoms with van der Waals surface area (Å²) in [6.07, 6.45) is 5.22. The molecule has 2 fully saturated rings. The minimum Gasteiger partial charge on any atom is -0.335 e. The largest absolute Gasteiger partial charge is 0.335 e. The molecule has 0 aromatic carbocycles. The molecule has 2 aliphatic rings. The summed E-state index contributed by atoms with van der Waals surface area (Å²) in [6.45, 7) is 5.41. The van der Waals surface area contributed by atoms with Crippen molar-refractivity contribution in [3.63, 3.8) is 0 Å². The van der Waals surface area contributed by atoms with E-state index in [1.807, 2.05) is 0 Å². The summed E-state index contributed by atoms with van der Waals surface area (Å²) in [7, 11) is 0. The Morgan fingerprint density at radius 3 is 3.00 bits per heavy atom. The second-order valence-electron chi connectivity index (χ2n) is 6.39. The number of rotatable bonds is 1. The van der Waals surface area contributed by atoms with Gasteiger partial charge in [0.25, 0.3) is 5.91 Å². The van der Waals surface area contributed by atoms with Crippen molar-refractivity contribution in [1.29, 1.82) is 0 Å². The molecule has 3 rings (SSSR count). The molecule has 102 valence electrons. The SMILES string of the molecule is CC1(C)CN(C(=O)c2ccnc(Cl)c2)C2CCCC21. The molecule has 1 saturated heterocycles. The van der Waals surface area contributed by atoms with Gasteiger partial charge in [0.05, 0.1) is 0 Å². The lowest BCUT2D eigenvalue weighted by atomic mass is 9.80. The molecule has 2 unspecified atom stereocenters. The number of carbonyl (C=O) groups is 1. The number of nitrogens with zero attached hydrogens (tertiary/aromatic N) is 2. The first-order valence-electron chi connectivity index (χ1n) is 6.91. The molecule has 1 aliphatic heterocycles. The van der Waals surface area contributed by atoms with Gasteiger partial charge in [0.2, 0.25) is 0 Å². The Morgan fingerprint density at radius 1 is 1.47 bits per heavy atom. The quantitative estimate of drug-likeness (QED) is 0.738. The predicted octanol–water partition coefficient (Wildman–Crippen LogP) is 3.39. The number of hydrogen-bond acceptors (Lipinski definition) is 2. The number of halogens is 1. The first-order chi connectivity index (χ1) is 8.99. The second kappa shape index (κ2) is 4.48. The van der Waals surface area contributed by atoms with E-state index >= 15 is 0 Å². The molecule has 0 spiro atoms. The number of fused-ring (bicyclic) bond motifs is 1. The van der Waals surface area contributed by atoms with E-state index in [9.17, 15) is 4.79 Å². The summed E-state index contributed by atoms with van der Waals surface area (Å²) in [6, 6.07) is 3.83. The van der Waals surface area contributed by atoms with Crippen molar-refractivity contribution in [2.24, 2.45) is 11.3 Å². The average Bonchev–Trinajstić information content (AvgIpc) is 2.92. The van der Waals surface area contributed by atoms with Crippen molar-refractivity contribution < 1.29 is 4.79 Å². The van der Waals surface area contributed by atoms with Gasteiger partial charge < -0.3 is 4.90 Å². The molecule has 4 heteroatoms. The molecule has 19 heavy (non-hydrogen) atoms. The monoisotopic (exact) mass is 278 g/mol. The number of likely N-dealkylation sites (tertiary alicyclic amines) is 1. The van der Waals surface area contributed by atoms with Gasteiger partial charge in [-0.2, -0.15) is 0 Å². The lowest BCUT2D eigenvalue weighted by molar-refractivity contribution is 0.0722. The van der Waals surface area contributed by atoms with Crippen LogP contribution in [-0.2, 0) is 0 Å². The van der Waals surface area contributed by atoms with Gasteiger partial charge in [0.1, 0.15) is 5.15 Å². The highest BCUT2D eigenvalue weighted by Crippen LogP contribution is 2.48. The van der Waals surface area contributed by atoms with Gasteiger partial charge in [-0.25, -0.2) is 4.98 Å². The number of amides is 1. The molecule has 1 amide bonds. The van der Waals surface area contributed by atoms with Crippen LogP contribution in [0.2, 0.25) is 5.15 Å². The Kier molecular flexibility index (Phi) is 3.05. The van der Waals surface area contributed by atoms with Crippen LogP contribution in [0.25, 0.3) is 0 Å². The Balaban J connectivity index is 1.88. The second-order valence-corrected chi connectivity index (χ2v) is 6.78. The topological polar surface area (TPSA) is 33.2 Å². The number of carbonyl (C=O) groups excluding carboxylic acids is 1. The van der Waals surface area contributed by atoms with Crippen molar-refractivity contribution in [3.05, 3.63) is 29.0 Å². The van der Waals surface area contributed by atoms with E-state index < -0.39 is 0 Å². The summed E-state index contributed by atoms with van der Waals surface area (Å²) < 4.78 is 0. The number of aromatic nitrogens is 1. The average molecular weight is 279 g/mol. The van der Waals surface area contributed by atoms with Crippen LogP contribution in [0.15, 0.2) is 18.3 Å². The van der Waals surface area contributed by atoms with Gasteiger partial charge in [-0.3, -0.25) is 4.79 Å². The number of pyridine rings is 1. The van der Waals surface area contributed by atoms with Crippen molar-refractivity contribution in [1.82, 2.24) is 9.88 Å². The Hall–Kier alpha value is -1.09. The fourth-order valence-electron chi connectivity index (χ4n) is 3.82. The predicted molar refractivity (Wildman–Crippen MR) is 75.2 cm³/mol. The molecule has 2 atom stereocenters. The van der Waals surface area contributed by atoms with Gasteiger partial charge in [-0.1, -0.05) is 31.9 Å². The third-order valence-corrected chi connectivity index (χ3v) is 4.90. The minimum atomic E-state index is 0.103. The van der Waals surface area contributed by atoms with E-state index in [4.69, 9.17) is 11.6 Å². The molecule has 1 aromatic rings. The highest BCUT2D eigenvalue weighted by molar-refractivity contribution is 6.29. The van der Waals surface area contributed by atoms with Crippen molar-refractivity contribution in [2.45, 2.75) is 39.2 Å². The van der Waals surface area contributed by atoms with E-state index in [-0.39, 0.29) is 11.3 Å². The van der Waals surface area contributed by atoms with Crippen molar-refractivity contribution >= 4 is 17.5 Å². The van der Waals surface area contributed by atoms with Crippen LogP contribution in [0.4, 0.5) is 0 Å². The van der Waals surface area contributed by atoms with Crippen molar-refractivity contribution in [2.75, 3.05) is 6.54 Å². The molecule has 1 saturated carbocycles. The van der Waals surface area contributed by atoms with E-state index in [1.165, 1.54) is 12.8 Å². The molecule has 1 aliphatic carbocycles. The smallest absolute Gasteiger partial charge is 0.254 e. The summed E-state index contributed by atoms with van der Waals surface area (Å²) >= 11 is 5.88. The fraction of sp³-hybridized carbons (Fsp3) is 0.600. The molecule has 0 bridgehead atoms. The van der Waals surface area contributed by atoms with Crippen LogP contribution < -0.4 is 0 Å². The Labute approximate surface area is 119 Å². The van der Waals surface area contributed by atoms with E-state index in [2.05, 4.69) is 23.7 Å². The van der Waals surface area contributed by atoms with Crippen LogP contribution in [-0.4, -0.2) is 28.4 Å². The van der Waals surface area contributed by atoms with Gasteiger partial charge >= 0.3 is 0 Å². The molecular weight excluding hydrogens is 260 g/mol. The van der Waals surface area contributed by atoms with Crippen LogP contribution in [0.3, 0.4) is 0 Å². The Morgan fingerprint density at radius 2 is 2.26 bits per heavy atom. The normalized spacial score (nSPS) is 28.5. The Bertz CT molecular complexity index is 515. The van der Waals surface area contributed by atoms with Gasteiger partial charge in [-0.15, -0.1) is 0 Å². The first-order valence-corrected chi connectivity index (χ1v) is 7.29. The van der Waals surface area contributed by atoms with Crippen LogP contribution in [0, 0.1) is 11.3 Å². The molecule has 0 N–H and O–H groups in total. The van der Waals surface area contributed by atoms with Gasteiger partial charge in [-0.05, 0) is 36.3 Å². The van der Waals surface area contributed by atoms with E-state index in [0.717, 1.165) is 13.0 Å². The summed E-state index contributed by atoms with van der Waals surface area (Å²) in [5.74, 6) is 0.750. The molecule has 1 aromatic heterocycles. The third kappa shape index (κ3) is 2.14. The standard InChI is InChI=1S/C15H19ClN2O/c1-15(2)9-18(12-5-3-4-11(12)15)14(19)10-6-7-17-13(16)8-10/h6-8,11-12H,3-5,9H2,1-2H3. The molecular formula is C15H19ClN2O. The summed E-state index contributed by atoms with van der Waals surface area (Å²) in [5.41, 5.74) is 0.886. The zero-order valence-corrected chi connectivity index (χ0v) is 12.2.